The molecule has 0 N–H and O–H groups in total. The van der Waals surface area contributed by atoms with Gasteiger partial charge in [0.15, 0.2) is 0 Å². The zero-order valence-corrected chi connectivity index (χ0v) is 31.0. The molecule has 0 bridgehead atoms. The number of unbranched alkanes of at least 4 members (excludes halogenated alkanes) is 30. The molecule has 0 fully saturated rings. The molecule has 0 atom stereocenters. The molecule has 0 aliphatic carbocycles. The molecule has 0 aliphatic rings. The number of imidazole rings is 1. The van der Waals surface area contributed by atoms with Gasteiger partial charge in [0.2, 0.25) is 0 Å². The van der Waals surface area contributed by atoms with Gasteiger partial charge in [0, 0.05) is 6.42 Å². The van der Waals surface area contributed by atoms with Crippen molar-refractivity contribution >= 4 is 0 Å². The molecule has 0 radical (unpaired) electrons. The van der Waals surface area contributed by atoms with E-state index in [0.717, 1.165) is 0 Å². The first-order chi connectivity index (χ1) is 21.8. The molecule has 0 unspecified atom stereocenters. The van der Waals surface area contributed by atoms with Crippen molar-refractivity contribution in [2.75, 3.05) is 0 Å². The summed E-state index contributed by atoms with van der Waals surface area (Å²) in [6.45, 7) is 9.40. The van der Waals surface area contributed by atoms with E-state index in [-0.39, 0.29) is 0 Å². The van der Waals surface area contributed by atoms with Gasteiger partial charge < -0.3 is 0 Å². The molecule has 1 aromatic rings. The third-order valence-electron chi connectivity index (χ3n) is 10.1. The van der Waals surface area contributed by atoms with Gasteiger partial charge in [0.05, 0.1) is 13.1 Å². The molecule has 0 saturated heterocycles. The molecule has 0 spiro atoms. The lowest BCUT2D eigenvalue weighted by Gasteiger charge is -2.07. The van der Waals surface area contributed by atoms with Gasteiger partial charge in [0.1, 0.15) is 12.4 Å². The van der Waals surface area contributed by atoms with Crippen LogP contribution in [0.2, 0.25) is 0 Å². The van der Waals surface area contributed by atoms with Gasteiger partial charge >= 0.3 is 0 Å². The lowest BCUT2D eigenvalue weighted by molar-refractivity contribution is -0.704. The first-order valence-corrected chi connectivity index (χ1v) is 20.9. The molecule has 260 valence electrons. The highest BCUT2D eigenvalue weighted by molar-refractivity contribution is 4.84. The van der Waals surface area contributed by atoms with Crippen molar-refractivity contribution in [2.24, 2.45) is 0 Å². The lowest BCUT2D eigenvalue weighted by Crippen LogP contribution is -2.37. The van der Waals surface area contributed by atoms with E-state index in [1.165, 1.54) is 231 Å². The fourth-order valence-corrected chi connectivity index (χ4v) is 7.03. The molecule has 0 aliphatic heterocycles. The summed E-state index contributed by atoms with van der Waals surface area (Å²) in [5.74, 6) is 1.62. The Balaban J connectivity index is 2.25. The second-order valence-corrected chi connectivity index (χ2v) is 14.5. The molecular weight excluding hydrogens is 532 g/mol. The van der Waals surface area contributed by atoms with E-state index < -0.39 is 0 Å². The maximum Gasteiger partial charge on any atom is 0.256 e. The molecule has 0 amide bonds. The van der Waals surface area contributed by atoms with Gasteiger partial charge in [0.25, 0.3) is 5.82 Å². The monoisotopic (exact) mass is 616 g/mol. The molecule has 0 saturated carbocycles. The Morgan fingerprint density at radius 3 is 1.09 bits per heavy atom. The summed E-state index contributed by atoms with van der Waals surface area (Å²) < 4.78 is 5.27. The van der Waals surface area contributed by atoms with Crippen LogP contribution in [0.3, 0.4) is 0 Å². The van der Waals surface area contributed by atoms with Gasteiger partial charge in [-0.05, 0) is 32.1 Å². The fraction of sp³-hybridized carbons (Fsp3) is 0.929. The molecule has 1 aromatic heterocycles. The van der Waals surface area contributed by atoms with Crippen molar-refractivity contribution in [3.05, 3.63) is 18.2 Å². The molecule has 1 rings (SSSR count). The molecule has 1 heterocycles. The summed E-state index contributed by atoms with van der Waals surface area (Å²) in [7, 11) is 0. The van der Waals surface area contributed by atoms with E-state index in [2.05, 4.69) is 42.3 Å². The van der Waals surface area contributed by atoms with Crippen LogP contribution >= 0.6 is 0 Å². The quantitative estimate of drug-likeness (QED) is 0.0524. The number of aryl methyl sites for hydroxylation is 2. The average Bonchev–Trinajstić information content (AvgIpc) is 3.42. The van der Waals surface area contributed by atoms with Crippen molar-refractivity contribution in [1.82, 2.24) is 4.57 Å². The molecule has 2 nitrogen and oxygen atoms in total. The second-order valence-electron chi connectivity index (χ2n) is 14.5. The summed E-state index contributed by atoms with van der Waals surface area (Å²) in [5, 5.41) is 0. The molecule has 0 aromatic carbocycles. The Bertz CT molecular complexity index is 677. The van der Waals surface area contributed by atoms with E-state index in [0.29, 0.717) is 0 Å². The Morgan fingerprint density at radius 2 is 0.705 bits per heavy atom. The third kappa shape index (κ3) is 25.4. The van der Waals surface area contributed by atoms with E-state index in [1.807, 2.05) is 0 Å². The van der Waals surface area contributed by atoms with Crippen LogP contribution in [-0.2, 0) is 19.5 Å². The van der Waals surface area contributed by atoms with E-state index >= 15 is 0 Å². The maximum atomic E-state index is 2.64. The summed E-state index contributed by atoms with van der Waals surface area (Å²) in [4.78, 5) is 0. The van der Waals surface area contributed by atoms with Crippen LogP contribution in [-0.4, -0.2) is 4.57 Å². The highest BCUT2D eigenvalue weighted by atomic mass is 15.1. The Kier molecular flexibility index (Phi) is 31.5. The minimum Gasteiger partial charge on any atom is -0.234 e. The number of hydrogen-bond donors (Lipinski definition) is 0. The first-order valence-electron chi connectivity index (χ1n) is 20.9. The SMILES string of the molecule is CCCCCCCCCCCCCCCCCc1n(CCCCCCCCC)cc[n+]1CCCCCCCCCCCCC. The minimum atomic E-state index is 1.23. The van der Waals surface area contributed by atoms with Gasteiger partial charge in [-0.1, -0.05) is 201 Å². The highest BCUT2D eigenvalue weighted by Gasteiger charge is 2.16. The zero-order chi connectivity index (χ0) is 31.6. The largest absolute Gasteiger partial charge is 0.256 e. The summed E-state index contributed by atoms with van der Waals surface area (Å²) in [6, 6.07) is 0. The predicted octanol–water partition coefficient (Wildman–Crippen LogP) is 14.3. The average molecular weight is 616 g/mol. The van der Waals surface area contributed by atoms with Gasteiger partial charge in [-0.15, -0.1) is 0 Å². The van der Waals surface area contributed by atoms with Crippen molar-refractivity contribution in [2.45, 2.75) is 252 Å². The minimum absolute atomic E-state index is 1.23. The maximum absolute atomic E-state index is 2.64. The number of hydrogen-bond acceptors (Lipinski definition) is 0. The zero-order valence-electron chi connectivity index (χ0n) is 31.0. The number of nitrogens with zero attached hydrogens (tertiary/aromatic N) is 2. The van der Waals surface area contributed by atoms with Crippen molar-refractivity contribution < 1.29 is 4.57 Å². The van der Waals surface area contributed by atoms with E-state index in [4.69, 9.17) is 0 Å². The van der Waals surface area contributed by atoms with Gasteiger partial charge in [-0.25, -0.2) is 9.13 Å². The summed E-state index contributed by atoms with van der Waals surface area (Å²) in [6.07, 6.45) is 53.4. The van der Waals surface area contributed by atoms with Crippen LogP contribution in [0.25, 0.3) is 0 Å². The van der Waals surface area contributed by atoms with E-state index in [9.17, 15) is 0 Å². The standard InChI is InChI=1S/C42H83N2/c1-4-7-10-13-16-18-20-21-22-23-24-26-28-31-34-37-42-43(38-35-32-29-15-12-9-6-3)40-41-44(42)39-36-33-30-27-25-19-17-14-11-8-5-2/h40-41H,4-39H2,1-3H3/q+1. The van der Waals surface area contributed by atoms with Crippen LogP contribution in [0.5, 0.6) is 0 Å². The number of aromatic nitrogens is 2. The predicted molar refractivity (Wildman–Crippen MR) is 198 cm³/mol. The Labute approximate surface area is 279 Å². The van der Waals surface area contributed by atoms with E-state index in [1.54, 1.807) is 5.82 Å². The normalized spacial score (nSPS) is 11.6. The van der Waals surface area contributed by atoms with Crippen LogP contribution in [0.4, 0.5) is 0 Å². The Hall–Kier alpha value is -0.790. The van der Waals surface area contributed by atoms with Crippen LogP contribution in [0.1, 0.15) is 238 Å². The second kappa shape index (κ2) is 33.6. The number of rotatable bonds is 36. The van der Waals surface area contributed by atoms with Crippen LogP contribution in [0.15, 0.2) is 12.4 Å². The lowest BCUT2D eigenvalue weighted by atomic mass is 10.0. The first kappa shape index (κ1) is 41.2. The third-order valence-corrected chi connectivity index (χ3v) is 10.1. The summed E-state index contributed by atoms with van der Waals surface area (Å²) in [5.41, 5.74) is 0. The summed E-state index contributed by atoms with van der Waals surface area (Å²) >= 11 is 0. The van der Waals surface area contributed by atoms with Gasteiger partial charge in [-0.3, -0.25) is 0 Å². The van der Waals surface area contributed by atoms with Gasteiger partial charge in [-0.2, -0.15) is 0 Å². The highest BCUT2D eigenvalue weighted by Crippen LogP contribution is 2.16. The Morgan fingerprint density at radius 1 is 0.386 bits per heavy atom. The molecule has 2 heteroatoms. The van der Waals surface area contributed by atoms with Crippen molar-refractivity contribution in [3.8, 4) is 0 Å². The molecular formula is C42H83N2+. The molecule has 44 heavy (non-hydrogen) atoms. The van der Waals surface area contributed by atoms with Crippen molar-refractivity contribution in [3.63, 3.8) is 0 Å². The van der Waals surface area contributed by atoms with Crippen LogP contribution in [0, 0.1) is 0 Å². The topological polar surface area (TPSA) is 8.81 Å². The van der Waals surface area contributed by atoms with Crippen LogP contribution < -0.4 is 4.57 Å². The fourth-order valence-electron chi connectivity index (χ4n) is 7.03. The smallest absolute Gasteiger partial charge is 0.234 e. The van der Waals surface area contributed by atoms with Crippen molar-refractivity contribution in [1.29, 1.82) is 0 Å².